The van der Waals surface area contributed by atoms with Crippen molar-refractivity contribution in [3.8, 4) is 11.8 Å². The van der Waals surface area contributed by atoms with Gasteiger partial charge >= 0.3 is 0 Å². The maximum Gasteiger partial charge on any atom is 0.236 e. The Bertz CT molecular complexity index is 854. The van der Waals surface area contributed by atoms with Crippen molar-refractivity contribution >= 4 is 17.5 Å². The lowest BCUT2D eigenvalue weighted by Crippen LogP contribution is -2.06. The third kappa shape index (κ3) is 4.52. The molecule has 0 atom stereocenters. The number of nitrogens with one attached hydrogen (secondary N) is 1. The van der Waals surface area contributed by atoms with Gasteiger partial charge in [0.15, 0.2) is 6.61 Å². The van der Waals surface area contributed by atoms with E-state index in [0.29, 0.717) is 29.1 Å². The molecule has 25 heavy (non-hydrogen) atoms. The molecule has 8 heteroatoms. The van der Waals surface area contributed by atoms with E-state index in [9.17, 15) is 5.26 Å². The summed E-state index contributed by atoms with van der Waals surface area (Å²) in [5.74, 6) is 1.20. The maximum atomic E-state index is 9.18. The van der Waals surface area contributed by atoms with E-state index in [1.807, 2.05) is 29.0 Å². The normalized spacial score (nSPS) is 10.4. The summed E-state index contributed by atoms with van der Waals surface area (Å²) >= 11 is 6.03. The fourth-order valence-corrected chi connectivity index (χ4v) is 2.40. The summed E-state index contributed by atoms with van der Waals surface area (Å²) in [6, 6.07) is 9.15. The Morgan fingerprint density at radius 3 is 3.00 bits per heavy atom. The lowest BCUT2D eigenvalue weighted by Gasteiger charge is -2.05. The zero-order valence-electron chi connectivity index (χ0n) is 13.4. The van der Waals surface area contributed by atoms with Crippen molar-refractivity contribution in [3.05, 3.63) is 59.6 Å². The van der Waals surface area contributed by atoms with Crippen molar-refractivity contribution in [2.75, 3.05) is 11.9 Å². The van der Waals surface area contributed by atoms with Crippen LogP contribution >= 0.6 is 11.6 Å². The Hall–Kier alpha value is -2.98. The fourth-order valence-electron chi connectivity index (χ4n) is 2.21. The van der Waals surface area contributed by atoms with Gasteiger partial charge in [-0.05, 0) is 18.6 Å². The number of para-hydroxylation sites is 1. The first-order valence-electron chi connectivity index (χ1n) is 7.73. The van der Waals surface area contributed by atoms with Crippen molar-refractivity contribution in [2.24, 2.45) is 0 Å². The third-order valence-electron chi connectivity index (χ3n) is 3.40. The predicted octanol–water partition coefficient (Wildman–Crippen LogP) is 3.48. The SMILES string of the molecule is N#Cc1nc(COc2ccccc2Cl)oc1NCCCn1ccnc1. The van der Waals surface area contributed by atoms with Crippen LogP contribution in [-0.2, 0) is 13.2 Å². The Labute approximate surface area is 149 Å². The highest BCUT2D eigenvalue weighted by Crippen LogP contribution is 2.25. The summed E-state index contributed by atoms with van der Waals surface area (Å²) in [6.45, 7) is 1.56. The number of imidazole rings is 1. The first kappa shape index (κ1) is 16.9. The second-order valence-corrected chi connectivity index (χ2v) is 5.60. The molecule has 1 aromatic carbocycles. The van der Waals surface area contributed by atoms with Crippen molar-refractivity contribution < 1.29 is 9.15 Å². The van der Waals surface area contributed by atoms with Crippen LogP contribution in [0.5, 0.6) is 5.75 Å². The molecule has 1 N–H and O–H groups in total. The van der Waals surface area contributed by atoms with Crippen molar-refractivity contribution in [1.29, 1.82) is 5.26 Å². The highest BCUT2D eigenvalue weighted by Gasteiger charge is 2.13. The van der Waals surface area contributed by atoms with E-state index in [1.54, 1.807) is 24.7 Å². The number of ether oxygens (including phenoxy) is 1. The molecule has 0 bridgehead atoms. The molecule has 0 saturated carbocycles. The monoisotopic (exact) mass is 357 g/mol. The number of hydrogen-bond donors (Lipinski definition) is 1. The van der Waals surface area contributed by atoms with Crippen LogP contribution < -0.4 is 10.1 Å². The van der Waals surface area contributed by atoms with Crippen molar-refractivity contribution in [2.45, 2.75) is 19.6 Å². The summed E-state index contributed by atoms with van der Waals surface area (Å²) < 4.78 is 13.1. The maximum absolute atomic E-state index is 9.18. The van der Waals surface area contributed by atoms with E-state index < -0.39 is 0 Å². The predicted molar refractivity (Wildman–Crippen MR) is 92.3 cm³/mol. The molecule has 0 amide bonds. The van der Waals surface area contributed by atoms with Gasteiger partial charge in [0.25, 0.3) is 0 Å². The van der Waals surface area contributed by atoms with Gasteiger partial charge in [-0.3, -0.25) is 0 Å². The molecule has 0 unspecified atom stereocenters. The van der Waals surface area contributed by atoms with Crippen LogP contribution in [0, 0.1) is 11.3 Å². The van der Waals surface area contributed by atoms with Crippen LogP contribution in [-0.4, -0.2) is 21.1 Å². The average molecular weight is 358 g/mol. The van der Waals surface area contributed by atoms with Crippen LogP contribution in [0.25, 0.3) is 0 Å². The molecule has 0 saturated heterocycles. The molecule has 0 aliphatic carbocycles. The first-order valence-corrected chi connectivity index (χ1v) is 8.11. The summed E-state index contributed by atoms with van der Waals surface area (Å²) in [5, 5.41) is 12.8. The molecule has 0 aliphatic heterocycles. The number of nitriles is 1. The summed E-state index contributed by atoms with van der Waals surface area (Å²) in [4.78, 5) is 8.12. The number of benzene rings is 1. The second-order valence-electron chi connectivity index (χ2n) is 5.20. The van der Waals surface area contributed by atoms with Crippen LogP contribution in [0.2, 0.25) is 5.02 Å². The molecule has 2 heterocycles. The number of nitrogens with zero attached hydrogens (tertiary/aromatic N) is 4. The molecule has 7 nitrogen and oxygen atoms in total. The summed E-state index contributed by atoms with van der Waals surface area (Å²) in [6.07, 6.45) is 6.26. The number of aromatic nitrogens is 3. The molecule has 128 valence electrons. The Morgan fingerprint density at radius 1 is 1.36 bits per heavy atom. The van der Waals surface area contributed by atoms with E-state index in [4.69, 9.17) is 20.8 Å². The topological polar surface area (TPSA) is 88.9 Å². The average Bonchev–Trinajstić information content (AvgIpc) is 3.27. The van der Waals surface area contributed by atoms with Gasteiger partial charge in [-0.25, -0.2) is 4.98 Å². The van der Waals surface area contributed by atoms with Gasteiger partial charge in [-0.15, -0.1) is 0 Å². The van der Waals surface area contributed by atoms with Gasteiger partial charge in [0.05, 0.1) is 11.3 Å². The van der Waals surface area contributed by atoms with Crippen LogP contribution in [0.4, 0.5) is 5.88 Å². The van der Waals surface area contributed by atoms with E-state index in [-0.39, 0.29) is 12.3 Å². The molecule has 0 fully saturated rings. The third-order valence-corrected chi connectivity index (χ3v) is 3.72. The molecular weight excluding hydrogens is 342 g/mol. The van der Waals surface area contributed by atoms with Gasteiger partial charge in [0, 0.05) is 25.5 Å². The summed E-state index contributed by atoms with van der Waals surface area (Å²) in [5.41, 5.74) is 0.209. The van der Waals surface area contributed by atoms with Crippen LogP contribution in [0.15, 0.2) is 47.4 Å². The zero-order chi connectivity index (χ0) is 17.5. The molecule has 0 spiro atoms. The Balaban J connectivity index is 1.54. The van der Waals surface area contributed by atoms with Crippen molar-refractivity contribution in [3.63, 3.8) is 0 Å². The number of rotatable bonds is 8. The van der Waals surface area contributed by atoms with Gasteiger partial charge < -0.3 is 19.0 Å². The quantitative estimate of drug-likeness (QED) is 0.621. The van der Waals surface area contributed by atoms with Gasteiger partial charge in [-0.2, -0.15) is 10.2 Å². The zero-order valence-corrected chi connectivity index (χ0v) is 14.1. The Morgan fingerprint density at radius 2 is 2.24 bits per heavy atom. The molecule has 0 aliphatic rings. The number of hydrogen-bond acceptors (Lipinski definition) is 6. The lowest BCUT2D eigenvalue weighted by atomic mass is 10.3. The molecule has 2 aromatic heterocycles. The first-order chi connectivity index (χ1) is 12.3. The summed E-state index contributed by atoms with van der Waals surface area (Å²) in [7, 11) is 0. The second kappa shape index (κ2) is 8.22. The minimum atomic E-state index is 0.0924. The minimum Gasteiger partial charge on any atom is -0.482 e. The largest absolute Gasteiger partial charge is 0.482 e. The van der Waals surface area contributed by atoms with Gasteiger partial charge in [0.2, 0.25) is 17.5 Å². The minimum absolute atomic E-state index is 0.0924. The standard InChI is InChI=1S/C17H16ClN5O2/c18-13-4-1-2-5-15(13)24-11-16-22-14(10-19)17(25-16)21-6-3-8-23-9-7-20-12-23/h1-2,4-5,7,9,12,21H,3,6,8,11H2. The number of anilines is 1. The van der Waals surface area contributed by atoms with Gasteiger partial charge in [0.1, 0.15) is 11.8 Å². The molecular formula is C17H16ClN5O2. The van der Waals surface area contributed by atoms with Crippen LogP contribution in [0.3, 0.4) is 0 Å². The van der Waals surface area contributed by atoms with Crippen LogP contribution in [0.1, 0.15) is 18.0 Å². The van der Waals surface area contributed by atoms with E-state index >= 15 is 0 Å². The van der Waals surface area contributed by atoms with E-state index in [2.05, 4.69) is 15.3 Å². The van der Waals surface area contributed by atoms with E-state index in [1.165, 1.54) is 0 Å². The van der Waals surface area contributed by atoms with Gasteiger partial charge in [-0.1, -0.05) is 23.7 Å². The molecule has 0 radical (unpaired) electrons. The smallest absolute Gasteiger partial charge is 0.236 e. The van der Waals surface area contributed by atoms with Crippen molar-refractivity contribution in [1.82, 2.24) is 14.5 Å². The molecule has 3 aromatic rings. The molecule has 3 rings (SSSR count). The van der Waals surface area contributed by atoms with E-state index in [0.717, 1.165) is 13.0 Å². The lowest BCUT2D eigenvalue weighted by molar-refractivity contribution is 0.265. The number of oxazole rings is 1. The number of halogens is 1. The highest BCUT2D eigenvalue weighted by molar-refractivity contribution is 6.32. The fraction of sp³-hybridized carbons (Fsp3) is 0.235. The number of aryl methyl sites for hydroxylation is 1. The Kier molecular flexibility index (Phi) is 5.54. The highest BCUT2D eigenvalue weighted by atomic mass is 35.5.